The number of rotatable bonds is 7. The highest BCUT2D eigenvalue weighted by Crippen LogP contribution is 2.27. The fourth-order valence-electron chi connectivity index (χ4n) is 2.83. The molecule has 0 fully saturated rings. The van der Waals surface area contributed by atoms with Crippen LogP contribution in [0.1, 0.15) is 45.9 Å². The van der Waals surface area contributed by atoms with Crippen molar-refractivity contribution in [2.45, 2.75) is 27.4 Å². The van der Waals surface area contributed by atoms with Crippen molar-refractivity contribution in [2.24, 2.45) is 0 Å². The number of hydrogen-bond donors (Lipinski definition) is 0. The molecule has 3 aromatic rings. The number of nitrogens with zero attached hydrogens (tertiary/aromatic N) is 1. The molecule has 0 aliphatic heterocycles. The van der Waals surface area contributed by atoms with Crippen LogP contribution in [-0.4, -0.2) is 23.5 Å². The lowest BCUT2D eigenvalue weighted by Gasteiger charge is -2.12. The molecule has 144 valence electrons. The number of aromatic nitrogens is 1. The molecule has 28 heavy (non-hydrogen) atoms. The molecule has 1 aromatic heterocycles. The predicted molar refractivity (Wildman–Crippen MR) is 103 cm³/mol. The minimum absolute atomic E-state index is 0.0336. The van der Waals surface area contributed by atoms with E-state index in [1.165, 1.54) is 6.92 Å². The Morgan fingerprint density at radius 1 is 1.11 bits per heavy atom. The summed E-state index contributed by atoms with van der Waals surface area (Å²) in [4.78, 5) is 24.4. The summed E-state index contributed by atoms with van der Waals surface area (Å²) < 4.78 is 16.3. The molecule has 0 spiro atoms. The summed E-state index contributed by atoms with van der Waals surface area (Å²) in [7, 11) is 0. The van der Waals surface area contributed by atoms with Gasteiger partial charge in [-0.15, -0.1) is 0 Å². The fourth-order valence-corrected chi connectivity index (χ4v) is 2.83. The van der Waals surface area contributed by atoms with Crippen molar-refractivity contribution in [3.8, 4) is 17.0 Å². The van der Waals surface area contributed by atoms with Gasteiger partial charge in [0.1, 0.15) is 29.4 Å². The van der Waals surface area contributed by atoms with E-state index in [-0.39, 0.29) is 18.0 Å². The maximum absolute atomic E-state index is 12.8. The molecule has 0 radical (unpaired) electrons. The Hall–Kier alpha value is -3.41. The van der Waals surface area contributed by atoms with Crippen molar-refractivity contribution < 1.29 is 23.6 Å². The van der Waals surface area contributed by atoms with Crippen LogP contribution in [0.2, 0.25) is 0 Å². The van der Waals surface area contributed by atoms with E-state index in [0.29, 0.717) is 34.9 Å². The zero-order valence-electron chi connectivity index (χ0n) is 16.0. The first-order chi connectivity index (χ1) is 13.5. The number of ketones is 1. The van der Waals surface area contributed by atoms with E-state index in [2.05, 4.69) is 5.16 Å². The Morgan fingerprint density at radius 2 is 1.86 bits per heavy atom. The SMILES string of the molecule is CCOc1ccc(C(C)=O)cc1COC(=O)c1c(-c2ccccc2)noc1C. The highest BCUT2D eigenvalue weighted by atomic mass is 16.5. The molecule has 6 heteroatoms. The topological polar surface area (TPSA) is 78.6 Å². The van der Waals surface area contributed by atoms with Crippen LogP contribution >= 0.6 is 0 Å². The van der Waals surface area contributed by atoms with Crippen molar-refractivity contribution >= 4 is 11.8 Å². The summed E-state index contributed by atoms with van der Waals surface area (Å²) >= 11 is 0. The van der Waals surface area contributed by atoms with Crippen LogP contribution in [0, 0.1) is 6.92 Å². The van der Waals surface area contributed by atoms with Crippen LogP contribution in [0.15, 0.2) is 53.1 Å². The standard InChI is InChI=1S/C22H21NO5/c1-4-26-19-11-10-17(14(2)24)12-18(19)13-27-22(25)20-15(3)28-23-21(20)16-8-6-5-7-9-16/h5-12H,4,13H2,1-3H3. The van der Waals surface area contributed by atoms with Gasteiger partial charge in [-0.05, 0) is 39.0 Å². The van der Waals surface area contributed by atoms with Crippen molar-refractivity contribution in [1.29, 1.82) is 0 Å². The molecule has 0 bridgehead atoms. The molecule has 0 unspecified atom stereocenters. The summed E-state index contributed by atoms with van der Waals surface area (Å²) in [5, 5.41) is 4.00. The molecule has 3 rings (SSSR count). The van der Waals surface area contributed by atoms with Gasteiger partial charge in [0, 0.05) is 16.7 Å². The van der Waals surface area contributed by atoms with E-state index < -0.39 is 5.97 Å². The smallest absolute Gasteiger partial charge is 0.344 e. The van der Waals surface area contributed by atoms with E-state index in [4.69, 9.17) is 14.0 Å². The summed E-state index contributed by atoms with van der Waals surface area (Å²) in [5.74, 6) is 0.335. The number of carbonyl (C=O) groups is 2. The first kappa shape index (κ1) is 19.4. The highest BCUT2D eigenvalue weighted by Gasteiger charge is 2.23. The Labute approximate surface area is 163 Å². The molecule has 1 heterocycles. The molecule has 0 saturated heterocycles. The van der Waals surface area contributed by atoms with Crippen LogP contribution in [0.5, 0.6) is 5.75 Å². The zero-order chi connectivity index (χ0) is 20.1. The zero-order valence-corrected chi connectivity index (χ0v) is 16.0. The maximum Gasteiger partial charge on any atom is 0.344 e. The van der Waals surface area contributed by atoms with E-state index in [9.17, 15) is 9.59 Å². The average molecular weight is 379 g/mol. The Morgan fingerprint density at radius 3 is 2.54 bits per heavy atom. The monoisotopic (exact) mass is 379 g/mol. The van der Waals surface area contributed by atoms with Gasteiger partial charge in [0.2, 0.25) is 0 Å². The molecule has 0 saturated carbocycles. The quantitative estimate of drug-likeness (QED) is 0.441. The third kappa shape index (κ3) is 4.11. The highest BCUT2D eigenvalue weighted by molar-refractivity contribution is 5.97. The second-order valence-corrected chi connectivity index (χ2v) is 6.22. The number of Topliss-reactive ketones (excluding diaryl/α,β-unsaturated/α-hetero) is 1. The average Bonchev–Trinajstić information content (AvgIpc) is 3.09. The molecule has 0 aliphatic carbocycles. The Kier molecular flexibility index (Phi) is 5.89. The fraction of sp³-hybridized carbons (Fsp3) is 0.227. The normalized spacial score (nSPS) is 10.5. The molecule has 6 nitrogen and oxygen atoms in total. The molecular weight excluding hydrogens is 358 g/mol. The van der Waals surface area contributed by atoms with E-state index in [1.807, 2.05) is 37.3 Å². The second-order valence-electron chi connectivity index (χ2n) is 6.22. The Balaban J connectivity index is 1.85. The van der Waals surface area contributed by atoms with E-state index in [0.717, 1.165) is 5.56 Å². The van der Waals surface area contributed by atoms with Crippen LogP contribution in [0.3, 0.4) is 0 Å². The van der Waals surface area contributed by atoms with Crippen LogP contribution in [0.25, 0.3) is 11.3 Å². The third-order valence-electron chi connectivity index (χ3n) is 4.24. The maximum atomic E-state index is 12.8. The minimum Gasteiger partial charge on any atom is -0.493 e. The van der Waals surface area contributed by atoms with Gasteiger partial charge >= 0.3 is 5.97 Å². The molecule has 0 N–H and O–H groups in total. The number of benzene rings is 2. The summed E-state index contributed by atoms with van der Waals surface area (Å²) in [5.41, 5.74) is 2.64. The van der Waals surface area contributed by atoms with Crippen LogP contribution < -0.4 is 4.74 Å². The van der Waals surface area contributed by atoms with Gasteiger partial charge in [-0.1, -0.05) is 35.5 Å². The lowest BCUT2D eigenvalue weighted by Crippen LogP contribution is -2.09. The number of hydrogen-bond acceptors (Lipinski definition) is 6. The predicted octanol–water partition coefficient (Wildman–Crippen LogP) is 4.61. The molecule has 0 amide bonds. The summed E-state index contributed by atoms with van der Waals surface area (Å²) in [6.07, 6.45) is 0. The second kappa shape index (κ2) is 8.52. The van der Waals surface area contributed by atoms with Crippen molar-refractivity contribution in [3.05, 3.63) is 71.0 Å². The molecule has 0 aliphatic rings. The number of esters is 1. The van der Waals surface area contributed by atoms with Gasteiger partial charge in [0.15, 0.2) is 5.78 Å². The number of carbonyl (C=O) groups excluding carboxylic acids is 2. The minimum atomic E-state index is -0.548. The van der Waals surface area contributed by atoms with Gasteiger partial charge in [-0.25, -0.2) is 4.79 Å². The van der Waals surface area contributed by atoms with Crippen LogP contribution in [-0.2, 0) is 11.3 Å². The van der Waals surface area contributed by atoms with Crippen LogP contribution in [0.4, 0.5) is 0 Å². The summed E-state index contributed by atoms with van der Waals surface area (Å²) in [6, 6.07) is 14.4. The van der Waals surface area contributed by atoms with Gasteiger partial charge in [-0.2, -0.15) is 0 Å². The van der Waals surface area contributed by atoms with Gasteiger partial charge in [0.05, 0.1) is 6.61 Å². The third-order valence-corrected chi connectivity index (χ3v) is 4.24. The number of ether oxygens (including phenoxy) is 2. The lowest BCUT2D eigenvalue weighted by molar-refractivity contribution is 0.0468. The van der Waals surface area contributed by atoms with Gasteiger partial charge in [0.25, 0.3) is 0 Å². The summed E-state index contributed by atoms with van der Waals surface area (Å²) in [6.45, 7) is 5.44. The first-order valence-corrected chi connectivity index (χ1v) is 8.96. The van der Waals surface area contributed by atoms with Crippen molar-refractivity contribution in [2.75, 3.05) is 6.61 Å². The Bertz CT molecular complexity index is 991. The molecular formula is C22H21NO5. The first-order valence-electron chi connectivity index (χ1n) is 8.96. The number of aryl methyl sites for hydroxylation is 1. The van der Waals surface area contributed by atoms with Gasteiger partial charge in [-0.3, -0.25) is 4.79 Å². The van der Waals surface area contributed by atoms with Gasteiger partial charge < -0.3 is 14.0 Å². The van der Waals surface area contributed by atoms with E-state index >= 15 is 0 Å². The molecule has 0 atom stereocenters. The molecule has 2 aromatic carbocycles. The van der Waals surface area contributed by atoms with E-state index in [1.54, 1.807) is 25.1 Å². The van der Waals surface area contributed by atoms with Crippen molar-refractivity contribution in [1.82, 2.24) is 5.16 Å². The lowest BCUT2D eigenvalue weighted by atomic mass is 10.1. The largest absolute Gasteiger partial charge is 0.493 e. The van der Waals surface area contributed by atoms with Crippen molar-refractivity contribution in [3.63, 3.8) is 0 Å².